The Labute approximate surface area is 230 Å². The van der Waals surface area contributed by atoms with Crippen LogP contribution in [-0.2, 0) is 6.54 Å². The molecule has 1 amide bonds. The fourth-order valence-corrected chi connectivity index (χ4v) is 5.27. The van der Waals surface area contributed by atoms with Crippen LogP contribution >= 0.6 is 0 Å². The number of carbonyl (C=O) groups is 1. The van der Waals surface area contributed by atoms with Crippen LogP contribution in [0.15, 0.2) is 76.1 Å². The highest BCUT2D eigenvalue weighted by atomic mass is 16.5. The van der Waals surface area contributed by atoms with Gasteiger partial charge < -0.3 is 19.0 Å². The van der Waals surface area contributed by atoms with E-state index in [1.165, 1.54) is 6.26 Å². The van der Waals surface area contributed by atoms with Crippen molar-refractivity contribution in [3.05, 3.63) is 106 Å². The molecule has 1 unspecified atom stereocenters. The molecule has 0 radical (unpaired) electrons. The molecule has 1 fully saturated rings. The molecule has 11 heteroatoms. The summed E-state index contributed by atoms with van der Waals surface area (Å²) in [7, 11) is 1.63. The lowest BCUT2D eigenvalue weighted by molar-refractivity contribution is 0.0558. The number of carbonyl (C=O) groups excluding carboxylic acids is 1. The van der Waals surface area contributed by atoms with E-state index in [0.29, 0.717) is 49.9 Å². The maximum absolute atomic E-state index is 13.6. The van der Waals surface area contributed by atoms with Gasteiger partial charge in [0.25, 0.3) is 11.5 Å². The van der Waals surface area contributed by atoms with Crippen LogP contribution in [0.2, 0.25) is 0 Å². The minimum absolute atomic E-state index is 0.149. The van der Waals surface area contributed by atoms with E-state index >= 15 is 0 Å². The number of nitrogens with zero attached hydrogens (tertiary/aromatic N) is 6. The van der Waals surface area contributed by atoms with Crippen molar-refractivity contribution in [2.24, 2.45) is 0 Å². The standard InChI is InChI=1S/C29H29N7O4/c1-19-5-3-6-21-17-23(28(37)30-25(19)21)26(34-12-14-35(15-13-34)29(38)24-7-4-16-40-24)27-31-32-33-36(27)18-20-8-10-22(39-2)11-9-20/h3-11,16-17,26H,12-15,18H2,1-2H3,(H,30,37). The highest BCUT2D eigenvalue weighted by Gasteiger charge is 2.34. The van der Waals surface area contributed by atoms with Gasteiger partial charge in [-0.2, -0.15) is 0 Å². The molecular weight excluding hydrogens is 510 g/mol. The molecule has 3 aromatic heterocycles. The Morgan fingerprint density at radius 3 is 2.60 bits per heavy atom. The number of aromatic amines is 1. The molecule has 4 heterocycles. The predicted octanol–water partition coefficient (Wildman–Crippen LogP) is 3.02. The molecule has 1 N–H and O–H groups in total. The third-order valence-corrected chi connectivity index (χ3v) is 7.41. The van der Waals surface area contributed by atoms with Gasteiger partial charge in [0, 0.05) is 31.7 Å². The second kappa shape index (κ2) is 10.8. The van der Waals surface area contributed by atoms with E-state index in [9.17, 15) is 9.59 Å². The Hall–Kier alpha value is -4.77. The van der Waals surface area contributed by atoms with Crippen LogP contribution in [0.3, 0.4) is 0 Å². The summed E-state index contributed by atoms with van der Waals surface area (Å²) in [5.41, 5.74) is 3.15. The lowest BCUT2D eigenvalue weighted by Crippen LogP contribution is -2.50. The van der Waals surface area contributed by atoms with E-state index in [0.717, 1.165) is 27.8 Å². The first-order chi connectivity index (χ1) is 19.5. The first-order valence-electron chi connectivity index (χ1n) is 13.1. The molecule has 40 heavy (non-hydrogen) atoms. The number of methoxy groups -OCH3 is 1. The van der Waals surface area contributed by atoms with Crippen LogP contribution in [0.25, 0.3) is 10.9 Å². The fraction of sp³-hybridized carbons (Fsp3) is 0.276. The number of benzene rings is 2. The molecule has 0 saturated carbocycles. The van der Waals surface area contributed by atoms with Crippen molar-refractivity contribution in [1.29, 1.82) is 0 Å². The van der Waals surface area contributed by atoms with Gasteiger partial charge in [-0.1, -0.05) is 30.3 Å². The highest BCUT2D eigenvalue weighted by Crippen LogP contribution is 2.29. The lowest BCUT2D eigenvalue weighted by Gasteiger charge is -2.38. The fourth-order valence-electron chi connectivity index (χ4n) is 5.27. The Bertz CT molecular complexity index is 1680. The number of ether oxygens (including phenoxy) is 1. The SMILES string of the molecule is COc1ccc(Cn2nnnc2C(c2cc3cccc(C)c3[nH]c2=O)N2CCN(C(=O)c3ccco3)CC2)cc1. The zero-order valence-electron chi connectivity index (χ0n) is 22.3. The molecule has 0 bridgehead atoms. The van der Waals surface area contributed by atoms with Gasteiger partial charge >= 0.3 is 0 Å². The summed E-state index contributed by atoms with van der Waals surface area (Å²) in [6, 6.07) is 18.4. The molecule has 0 spiro atoms. The minimum Gasteiger partial charge on any atom is -0.497 e. The molecule has 1 aliphatic heterocycles. The number of H-pyrrole nitrogens is 1. The van der Waals surface area contributed by atoms with Crippen molar-refractivity contribution < 1.29 is 13.9 Å². The third-order valence-electron chi connectivity index (χ3n) is 7.41. The first-order valence-corrected chi connectivity index (χ1v) is 13.1. The molecule has 5 aromatic rings. The van der Waals surface area contributed by atoms with Gasteiger partial charge in [-0.15, -0.1) is 5.10 Å². The van der Waals surface area contributed by atoms with Crippen molar-refractivity contribution in [3.8, 4) is 5.75 Å². The first kappa shape index (κ1) is 25.5. The van der Waals surface area contributed by atoms with Crippen LogP contribution in [0.5, 0.6) is 5.75 Å². The van der Waals surface area contributed by atoms with Crippen LogP contribution in [0, 0.1) is 6.92 Å². The van der Waals surface area contributed by atoms with Gasteiger partial charge in [0.15, 0.2) is 11.6 Å². The Balaban J connectivity index is 1.36. The largest absolute Gasteiger partial charge is 0.497 e. The van der Waals surface area contributed by atoms with Crippen molar-refractivity contribution in [3.63, 3.8) is 0 Å². The van der Waals surface area contributed by atoms with Crippen LogP contribution < -0.4 is 10.3 Å². The quantitative estimate of drug-likeness (QED) is 0.335. The number of amides is 1. The second-order valence-electron chi connectivity index (χ2n) is 9.84. The number of aromatic nitrogens is 5. The molecule has 11 nitrogen and oxygen atoms in total. The number of hydrogen-bond acceptors (Lipinski definition) is 8. The summed E-state index contributed by atoms with van der Waals surface area (Å²) in [4.78, 5) is 33.5. The number of tetrazole rings is 1. The topological polar surface area (TPSA) is 122 Å². The molecule has 2 aromatic carbocycles. The van der Waals surface area contributed by atoms with E-state index < -0.39 is 6.04 Å². The summed E-state index contributed by atoms with van der Waals surface area (Å²) in [6.45, 7) is 4.39. The number of hydrogen-bond donors (Lipinski definition) is 1. The third kappa shape index (κ3) is 4.87. The number of fused-ring (bicyclic) bond motifs is 1. The van der Waals surface area contributed by atoms with E-state index in [2.05, 4.69) is 25.4 Å². The number of aryl methyl sites for hydroxylation is 1. The van der Waals surface area contributed by atoms with E-state index in [4.69, 9.17) is 9.15 Å². The lowest BCUT2D eigenvalue weighted by atomic mass is 10.0. The van der Waals surface area contributed by atoms with E-state index in [-0.39, 0.29) is 11.5 Å². The molecule has 1 saturated heterocycles. The molecular formula is C29H29N7O4. The van der Waals surface area contributed by atoms with Gasteiger partial charge in [-0.3, -0.25) is 14.5 Å². The maximum atomic E-state index is 13.6. The smallest absolute Gasteiger partial charge is 0.289 e. The average molecular weight is 540 g/mol. The van der Waals surface area contributed by atoms with Crippen LogP contribution in [0.1, 0.15) is 39.1 Å². The molecule has 1 atom stereocenters. The summed E-state index contributed by atoms with van der Waals surface area (Å²) < 4.78 is 12.3. The van der Waals surface area contributed by atoms with Gasteiger partial charge in [0.2, 0.25) is 0 Å². The van der Waals surface area contributed by atoms with Gasteiger partial charge in [-0.25, -0.2) is 4.68 Å². The minimum atomic E-state index is -0.525. The van der Waals surface area contributed by atoms with Gasteiger partial charge in [0.05, 0.1) is 25.4 Å². The number of pyridine rings is 1. The zero-order chi connectivity index (χ0) is 27.6. The van der Waals surface area contributed by atoms with Crippen LogP contribution in [0.4, 0.5) is 0 Å². The molecule has 1 aliphatic rings. The van der Waals surface area contributed by atoms with E-state index in [1.54, 1.807) is 28.8 Å². The summed E-state index contributed by atoms with van der Waals surface area (Å²) in [5, 5.41) is 13.6. The second-order valence-corrected chi connectivity index (χ2v) is 9.84. The van der Waals surface area contributed by atoms with E-state index in [1.807, 2.05) is 55.5 Å². The van der Waals surface area contributed by atoms with Crippen LogP contribution in [-0.4, -0.2) is 74.2 Å². The maximum Gasteiger partial charge on any atom is 0.289 e. The molecule has 204 valence electrons. The normalized spacial score (nSPS) is 14.9. The number of nitrogens with one attached hydrogen (secondary N) is 1. The van der Waals surface area contributed by atoms with Crippen molar-refractivity contribution in [2.75, 3.05) is 33.3 Å². The summed E-state index contributed by atoms with van der Waals surface area (Å²) in [6.07, 6.45) is 1.50. The van der Waals surface area contributed by atoms with Crippen molar-refractivity contribution in [2.45, 2.75) is 19.5 Å². The highest BCUT2D eigenvalue weighted by molar-refractivity contribution is 5.91. The van der Waals surface area contributed by atoms with Gasteiger partial charge in [-0.05, 0) is 64.2 Å². The number of piperazine rings is 1. The number of furan rings is 1. The average Bonchev–Trinajstić information content (AvgIpc) is 3.68. The number of para-hydroxylation sites is 1. The Morgan fingerprint density at radius 1 is 1.07 bits per heavy atom. The predicted molar refractivity (Wildman–Crippen MR) is 147 cm³/mol. The van der Waals surface area contributed by atoms with Crippen molar-refractivity contribution >= 4 is 16.8 Å². The Kier molecular flexibility index (Phi) is 6.87. The summed E-state index contributed by atoms with van der Waals surface area (Å²) in [5.74, 6) is 1.48. The molecule has 6 rings (SSSR count). The molecule has 0 aliphatic carbocycles. The summed E-state index contributed by atoms with van der Waals surface area (Å²) >= 11 is 0. The monoisotopic (exact) mass is 539 g/mol. The number of rotatable bonds is 7. The Morgan fingerprint density at radius 2 is 1.88 bits per heavy atom. The zero-order valence-corrected chi connectivity index (χ0v) is 22.3. The van der Waals surface area contributed by atoms with Gasteiger partial charge in [0.1, 0.15) is 11.8 Å². The van der Waals surface area contributed by atoms with Crippen molar-refractivity contribution in [1.82, 2.24) is 35.0 Å².